The van der Waals surface area contributed by atoms with E-state index >= 15 is 0 Å². The number of carbonyl (C=O) groups excluding carboxylic acids is 1. The standard InChI is InChI=1S/C25H29ClN6OS/c1-17(2)34-22-9-6-5-8-21(22)30-24-20(26)16-27-25(31-24)29-19-13-11-18(12-14-19)28-23(33)10-7-15-32(3)4/h5-14,16-17H,15H2,1-4H3,(H,28,33)(H2,27,29,30,31)/b10-7+. The zero-order valence-electron chi connectivity index (χ0n) is 19.7. The zero-order valence-corrected chi connectivity index (χ0v) is 21.2. The van der Waals surface area contributed by atoms with Crippen LogP contribution in [0.3, 0.4) is 0 Å². The number of benzene rings is 2. The number of amides is 1. The third-order valence-corrected chi connectivity index (χ3v) is 5.75. The van der Waals surface area contributed by atoms with E-state index in [0.29, 0.717) is 34.3 Å². The van der Waals surface area contributed by atoms with Crippen molar-refractivity contribution in [3.63, 3.8) is 0 Å². The van der Waals surface area contributed by atoms with Crippen LogP contribution in [0.15, 0.2) is 71.8 Å². The van der Waals surface area contributed by atoms with Crippen molar-refractivity contribution in [2.75, 3.05) is 36.6 Å². The molecule has 7 nitrogen and oxygen atoms in total. The SMILES string of the molecule is CC(C)Sc1ccccc1Nc1nc(Nc2ccc(NC(=O)/C=C/CN(C)C)cc2)ncc1Cl. The van der Waals surface area contributed by atoms with Gasteiger partial charge in [-0.15, -0.1) is 11.8 Å². The summed E-state index contributed by atoms with van der Waals surface area (Å²) in [4.78, 5) is 23.9. The smallest absolute Gasteiger partial charge is 0.248 e. The number of hydrogen-bond donors (Lipinski definition) is 3. The molecule has 0 bridgehead atoms. The van der Waals surface area contributed by atoms with E-state index < -0.39 is 0 Å². The van der Waals surface area contributed by atoms with E-state index in [1.807, 2.05) is 67.5 Å². The lowest BCUT2D eigenvalue weighted by Gasteiger charge is -2.14. The molecule has 2 aromatic carbocycles. The van der Waals surface area contributed by atoms with E-state index in [-0.39, 0.29) is 5.91 Å². The van der Waals surface area contributed by atoms with Crippen LogP contribution in [0.4, 0.5) is 28.8 Å². The first-order chi connectivity index (χ1) is 16.3. The molecule has 0 saturated carbocycles. The summed E-state index contributed by atoms with van der Waals surface area (Å²) in [5.41, 5.74) is 2.42. The molecular weight excluding hydrogens is 468 g/mol. The summed E-state index contributed by atoms with van der Waals surface area (Å²) in [5.74, 6) is 0.754. The van der Waals surface area contributed by atoms with Crippen LogP contribution in [0, 0.1) is 0 Å². The molecule has 0 radical (unpaired) electrons. The zero-order chi connectivity index (χ0) is 24.5. The van der Waals surface area contributed by atoms with Crippen LogP contribution < -0.4 is 16.0 Å². The molecule has 0 unspecified atom stereocenters. The maximum atomic E-state index is 12.0. The summed E-state index contributed by atoms with van der Waals surface area (Å²) in [5, 5.41) is 10.2. The van der Waals surface area contributed by atoms with Crippen molar-refractivity contribution in [2.45, 2.75) is 24.0 Å². The Morgan fingerprint density at radius 2 is 1.79 bits per heavy atom. The normalized spacial score (nSPS) is 11.3. The van der Waals surface area contributed by atoms with Crippen LogP contribution in [0.5, 0.6) is 0 Å². The van der Waals surface area contributed by atoms with Crippen molar-refractivity contribution in [1.29, 1.82) is 0 Å². The van der Waals surface area contributed by atoms with Crippen molar-refractivity contribution in [1.82, 2.24) is 14.9 Å². The number of nitrogens with one attached hydrogen (secondary N) is 3. The fraction of sp³-hybridized carbons (Fsp3) is 0.240. The fourth-order valence-electron chi connectivity index (χ4n) is 2.89. The van der Waals surface area contributed by atoms with Gasteiger partial charge in [0.25, 0.3) is 0 Å². The summed E-state index contributed by atoms with van der Waals surface area (Å²) in [6, 6.07) is 15.4. The first-order valence-corrected chi connectivity index (χ1v) is 12.1. The van der Waals surface area contributed by atoms with Crippen LogP contribution in [0.25, 0.3) is 0 Å². The number of halogens is 1. The first kappa shape index (κ1) is 25.6. The Balaban J connectivity index is 1.66. The van der Waals surface area contributed by atoms with Gasteiger partial charge in [0.05, 0.1) is 11.9 Å². The molecule has 0 fully saturated rings. The number of rotatable bonds is 10. The fourth-order valence-corrected chi connectivity index (χ4v) is 3.94. The summed E-state index contributed by atoms with van der Waals surface area (Å²) >= 11 is 8.13. The predicted molar refractivity (Wildman–Crippen MR) is 144 cm³/mol. The third-order valence-electron chi connectivity index (χ3n) is 4.40. The van der Waals surface area contributed by atoms with Crippen LogP contribution in [-0.2, 0) is 4.79 Å². The molecule has 0 aliphatic carbocycles. The van der Waals surface area contributed by atoms with E-state index in [4.69, 9.17) is 11.6 Å². The van der Waals surface area contributed by atoms with Crippen LogP contribution in [0.1, 0.15) is 13.8 Å². The number of aromatic nitrogens is 2. The Morgan fingerprint density at radius 1 is 1.09 bits per heavy atom. The van der Waals surface area contributed by atoms with Gasteiger partial charge in [0.2, 0.25) is 11.9 Å². The number of thioether (sulfide) groups is 1. The van der Waals surface area contributed by atoms with Crippen LogP contribution in [0.2, 0.25) is 5.02 Å². The van der Waals surface area contributed by atoms with Crippen molar-refractivity contribution in [3.8, 4) is 0 Å². The van der Waals surface area contributed by atoms with Crippen LogP contribution in [-0.4, -0.2) is 46.7 Å². The average Bonchev–Trinajstić information content (AvgIpc) is 2.78. The molecule has 3 aromatic rings. The molecule has 1 heterocycles. The third kappa shape index (κ3) is 8.06. The summed E-state index contributed by atoms with van der Waals surface area (Å²) < 4.78 is 0. The highest BCUT2D eigenvalue weighted by Crippen LogP contribution is 2.33. The molecule has 0 aliphatic rings. The van der Waals surface area contributed by atoms with E-state index in [1.54, 1.807) is 18.0 Å². The quantitative estimate of drug-likeness (QED) is 0.228. The molecule has 1 amide bonds. The monoisotopic (exact) mass is 496 g/mol. The Morgan fingerprint density at radius 3 is 2.50 bits per heavy atom. The summed E-state index contributed by atoms with van der Waals surface area (Å²) in [7, 11) is 3.89. The van der Waals surface area contributed by atoms with Gasteiger partial charge in [-0.05, 0) is 50.5 Å². The van der Waals surface area contributed by atoms with Gasteiger partial charge in [0.15, 0.2) is 5.82 Å². The molecular formula is C25H29ClN6OS. The number of anilines is 5. The Bertz CT molecular complexity index is 1130. The molecule has 0 aliphatic heterocycles. The molecule has 34 heavy (non-hydrogen) atoms. The van der Waals surface area contributed by atoms with Gasteiger partial charge in [-0.1, -0.05) is 43.7 Å². The number of carbonyl (C=O) groups is 1. The van der Waals surface area contributed by atoms with Gasteiger partial charge in [-0.3, -0.25) is 4.79 Å². The van der Waals surface area contributed by atoms with Crippen molar-refractivity contribution >= 4 is 58.1 Å². The van der Waals surface area contributed by atoms with E-state index in [9.17, 15) is 4.79 Å². The number of nitrogens with zero attached hydrogens (tertiary/aromatic N) is 3. The molecule has 0 spiro atoms. The number of para-hydroxylation sites is 1. The number of hydrogen-bond acceptors (Lipinski definition) is 7. The summed E-state index contributed by atoms with van der Waals surface area (Å²) in [6.45, 7) is 5.01. The highest BCUT2D eigenvalue weighted by Gasteiger charge is 2.10. The largest absolute Gasteiger partial charge is 0.338 e. The maximum absolute atomic E-state index is 12.0. The van der Waals surface area contributed by atoms with Gasteiger partial charge < -0.3 is 20.9 Å². The lowest BCUT2D eigenvalue weighted by molar-refractivity contribution is -0.111. The Hall–Kier alpha value is -3.07. The molecule has 3 rings (SSSR count). The Kier molecular flexibility index (Phi) is 9.33. The van der Waals surface area contributed by atoms with Gasteiger partial charge in [0.1, 0.15) is 5.02 Å². The number of likely N-dealkylation sites (N-methyl/N-ethyl adjacent to an activating group) is 1. The van der Waals surface area contributed by atoms with Gasteiger partial charge in [-0.2, -0.15) is 4.98 Å². The van der Waals surface area contributed by atoms with Crippen molar-refractivity contribution in [3.05, 3.63) is 71.9 Å². The lowest BCUT2D eigenvalue weighted by Crippen LogP contribution is -2.12. The minimum atomic E-state index is -0.171. The van der Waals surface area contributed by atoms with E-state index in [1.165, 1.54) is 6.08 Å². The lowest BCUT2D eigenvalue weighted by atomic mass is 10.2. The van der Waals surface area contributed by atoms with Crippen molar-refractivity contribution in [2.24, 2.45) is 0 Å². The molecule has 178 valence electrons. The molecule has 0 atom stereocenters. The minimum Gasteiger partial charge on any atom is -0.338 e. The minimum absolute atomic E-state index is 0.171. The highest BCUT2D eigenvalue weighted by molar-refractivity contribution is 8.00. The van der Waals surface area contributed by atoms with Crippen molar-refractivity contribution < 1.29 is 4.79 Å². The highest BCUT2D eigenvalue weighted by atomic mass is 35.5. The van der Waals surface area contributed by atoms with Crippen LogP contribution >= 0.6 is 23.4 Å². The molecule has 3 N–H and O–H groups in total. The second kappa shape index (κ2) is 12.4. The predicted octanol–water partition coefficient (Wildman–Crippen LogP) is 6.17. The summed E-state index contributed by atoms with van der Waals surface area (Å²) in [6.07, 6.45) is 4.90. The van der Waals surface area contributed by atoms with Gasteiger partial charge >= 0.3 is 0 Å². The molecule has 9 heteroatoms. The van der Waals surface area contributed by atoms with E-state index in [0.717, 1.165) is 16.3 Å². The van der Waals surface area contributed by atoms with Gasteiger partial charge in [-0.25, -0.2) is 4.98 Å². The first-order valence-electron chi connectivity index (χ1n) is 10.8. The average molecular weight is 497 g/mol. The maximum Gasteiger partial charge on any atom is 0.248 e. The Labute approximate surface area is 210 Å². The van der Waals surface area contributed by atoms with Gasteiger partial charge in [0, 0.05) is 34.1 Å². The molecule has 1 aromatic heterocycles. The topological polar surface area (TPSA) is 82.2 Å². The van der Waals surface area contributed by atoms with E-state index in [2.05, 4.69) is 45.8 Å². The second-order valence-corrected chi connectivity index (χ2v) is 10.1. The second-order valence-electron chi connectivity index (χ2n) is 8.03. The molecule has 0 saturated heterocycles.